The summed E-state index contributed by atoms with van der Waals surface area (Å²) in [5.74, 6) is -1.74. The molecule has 0 saturated carbocycles. The molecule has 8 nitrogen and oxygen atoms in total. The number of nitrogens with zero attached hydrogens (tertiary/aromatic N) is 1. The average molecular weight is 438 g/mol. The third-order valence-electron chi connectivity index (χ3n) is 6.42. The number of hydrogen-bond acceptors (Lipinski definition) is 5. The summed E-state index contributed by atoms with van der Waals surface area (Å²) in [6.07, 6.45) is -0.532. The van der Waals surface area contributed by atoms with Crippen LogP contribution in [0.2, 0.25) is 0 Å². The molecule has 168 valence electrons. The first-order valence-corrected chi connectivity index (χ1v) is 10.6. The fourth-order valence-corrected chi connectivity index (χ4v) is 4.51. The number of carbonyl (C=O) groups is 3. The summed E-state index contributed by atoms with van der Waals surface area (Å²) in [6.45, 7) is 1.81. The Labute approximate surface area is 186 Å². The van der Waals surface area contributed by atoms with Gasteiger partial charge in [-0.05, 0) is 29.2 Å². The summed E-state index contributed by atoms with van der Waals surface area (Å²) in [5.41, 5.74) is 3.01. The molecule has 2 atom stereocenters. The van der Waals surface area contributed by atoms with Crippen molar-refractivity contribution in [1.82, 2.24) is 10.2 Å². The Morgan fingerprint density at radius 3 is 2.28 bits per heavy atom. The van der Waals surface area contributed by atoms with E-state index in [0.717, 1.165) is 27.2 Å². The Hall–Kier alpha value is -3.39. The van der Waals surface area contributed by atoms with Gasteiger partial charge in [-0.2, -0.15) is 0 Å². The molecule has 0 bridgehead atoms. The lowest BCUT2D eigenvalue weighted by atomic mass is 9.96. The van der Waals surface area contributed by atoms with E-state index in [1.807, 2.05) is 36.4 Å². The number of fused-ring (bicyclic) bond motifs is 3. The second kappa shape index (κ2) is 8.63. The molecule has 2 aromatic carbocycles. The molecule has 1 saturated heterocycles. The molecule has 1 unspecified atom stereocenters. The van der Waals surface area contributed by atoms with Gasteiger partial charge in [-0.3, -0.25) is 4.79 Å². The van der Waals surface area contributed by atoms with Crippen molar-refractivity contribution in [3.63, 3.8) is 0 Å². The Kier molecular flexibility index (Phi) is 5.88. The summed E-state index contributed by atoms with van der Waals surface area (Å²) < 4.78 is 10.7. The van der Waals surface area contributed by atoms with Gasteiger partial charge in [0.1, 0.15) is 12.6 Å². The summed E-state index contributed by atoms with van der Waals surface area (Å²) >= 11 is 0. The minimum Gasteiger partial charge on any atom is -0.479 e. The normalized spacial score (nSPS) is 20.2. The number of likely N-dealkylation sites (N-methyl/N-ethyl adjacent to an activating group) is 1. The summed E-state index contributed by atoms with van der Waals surface area (Å²) in [6, 6.07) is 15.1. The van der Waals surface area contributed by atoms with Crippen molar-refractivity contribution in [2.75, 3.05) is 26.9 Å². The third-order valence-corrected chi connectivity index (χ3v) is 6.42. The molecular formula is C24H26N2O6. The van der Waals surface area contributed by atoms with Gasteiger partial charge in [-0.15, -0.1) is 0 Å². The molecule has 1 aliphatic carbocycles. The molecule has 8 heteroatoms. The van der Waals surface area contributed by atoms with Crippen LogP contribution in [-0.2, 0) is 19.1 Å². The van der Waals surface area contributed by atoms with Crippen molar-refractivity contribution in [2.45, 2.75) is 30.8 Å². The van der Waals surface area contributed by atoms with Crippen LogP contribution >= 0.6 is 0 Å². The van der Waals surface area contributed by atoms with Crippen LogP contribution in [0.4, 0.5) is 4.79 Å². The van der Waals surface area contributed by atoms with Crippen LogP contribution in [0.15, 0.2) is 48.5 Å². The van der Waals surface area contributed by atoms with E-state index in [1.165, 1.54) is 14.0 Å². The van der Waals surface area contributed by atoms with E-state index in [-0.39, 0.29) is 32.2 Å². The maximum Gasteiger partial charge on any atom is 0.407 e. The average Bonchev–Trinajstić information content (AvgIpc) is 3.41. The Bertz CT molecular complexity index is 1000. The standard InChI is InChI=1S/C24H26N2O6/c1-15(21(27)26(2)24(22(28)29)11-12-31-14-24)25-23(30)32-13-20-18-9-5-3-7-16(18)17-8-4-6-10-19(17)20/h3-10,15,20H,11-14H2,1-2H3,(H,25,30)(H,28,29)/t15-,24?/m0/s1. The van der Waals surface area contributed by atoms with Crippen molar-refractivity contribution in [2.24, 2.45) is 0 Å². The SMILES string of the molecule is C[C@H](NC(=O)OCC1c2ccccc2-c2ccccc21)C(=O)N(C)C1(C(=O)O)CCOC1. The fourth-order valence-electron chi connectivity index (χ4n) is 4.51. The largest absolute Gasteiger partial charge is 0.479 e. The maximum absolute atomic E-state index is 12.8. The first kappa shape index (κ1) is 21.8. The van der Waals surface area contributed by atoms with Crippen LogP contribution in [0.25, 0.3) is 11.1 Å². The van der Waals surface area contributed by atoms with E-state index in [4.69, 9.17) is 9.47 Å². The van der Waals surface area contributed by atoms with Crippen molar-refractivity contribution < 1.29 is 29.0 Å². The first-order chi connectivity index (χ1) is 15.3. The molecule has 2 aliphatic rings. The number of ether oxygens (including phenoxy) is 2. The topological polar surface area (TPSA) is 105 Å². The van der Waals surface area contributed by atoms with Gasteiger partial charge < -0.3 is 24.8 Å². The summed E-state index contributed by atoms with van der Waals surface area (Å²) in [4.78, 5) is 38.2. The number of rotatable bonds is 6. The number of carbonyl (C=O) groups excluding carboxylic acids is 2. The minimum absolute atomic E-state index is 0.0811. The second-order valence-electron chi connectivity index (χ2n) is 8.23. The van der Waals surface area contributed by atoms with E-state index in [9.17, 15) is 19.5 Å². The van der Waals surface area contributed by atoms with Crippen molar-refractivity contribution in [3.8, 4) is 11.1 Å². The van der Waals surface area contributed by atoms with Crippen LogP contribution in [0.1, 0.15) is 30.4 Å². The molecular weight excluding hydrogens is 412 g/mol. The number of benzene rings is 2. The van der Waals surface area contributed by atoms with Crippen molar-refractivity contribution in [1.29, 1.82) is 0 Å². The third kappa shape index (κ3) is 3.71. The molecule has 2 aromatic rings. The molecule has 0 spiro atoms. The molecule has 1 heterocycles. The van der Waals surface area contributed by atoms with Gasteiger partial charge in [-0.1, -0.05) is 48.5 Å². The highest BCUT2D eigenvalue weighted by molar-refractivity contribution is 5.91. The van der Waals surface area contributed by atoms with Crippen molar-refractivity contribution >= 4 is 18.0 Å². The molecule has 1 aliphatic heterocycles. The number of carboxylic acids is 1. The lowest BCUT2D eigenvalue weighted by Gasteiger charge is -2.35. The highest BCUT2D eigenvalue weighted by Gasteiger charge is 2.49. The number of amides is 2. The van der Waals surface area contributed by atoms with E-state index >= 15 is 0 Å². The molecule has 2 amide bonds. The molecule has 1 fully saturated rings. The molecule has 4 rings (SSSR count). The second-order valence-corrected chi connectivity index (χ2v) is 8.23. The van der Waals surface area contributed by atoms with Gasteiger partial charge in [-0.25, -0.2) is 9.59 Å². The summed E-state index contributed by atoms with van der Waals surface area (Å²) in [5, 5.41) is 12.2. The predicted molar refractivity (Wildman–Crippen MR) is 116 cm³/mol. The van der Waals surface area contributed by atoms with Gasteiger partial charge >= 0.3 is 12.1 Å². The lowest BCUT2D eigenvalue weighted by Crippen LogP contribution is -2.59. The minimum atomic E-state index is -1.42. The predicted octanol–water partition coefficient (Wildman–Crippen LogP) is 2.62. The zero-order chi connectivity index (χ0) is 22.9. The molecule has 0 aromatic heterocycles. The van der Waals surface area contributed by atoms with Crippen molar-refractivity contribution in [3.05, 3.63) is 59.7 Å². The Morgan fingerprint density at radius 1 is 1.16 bits per heavy atom. The van der Waals surface area contributed by atoms with Crippen LogP contribution in [0.5, 0.6) is 0 Å². The highest BCUT2D eigenvalue weighted by Crippen LogP contribution is 2.44. The van der Waals surface area contributed by atoms with Gasteiger partial charge in [0.25, 0.3) is 0 Å². The highest BCUT2D eigenvalue weighted by atomic mass is 16.5. The van der Waals surface area contributed by atoms with Gasteiger partial charge in [0, 0.05) is 26.0 Å². The number of carboxylic acid groups (broad SMARTS) is 1. The Balaban J connectivity index is 1.39. The smallest absolute Gasteiger partial charge is 0.407 e. The zero-order valence-corrected chi connectivity index (χ0v) is 18.0. The maximum atomic E-state index is 12.8. The van der Waals surface area contributed by atoms with Crippen LogP contribution in [0, 0.1) is 0 Å². The quantitative estimate of drug-likeness (QED) is 0.718. The molecule has 32 heavy (non-hydrogen) atoms. The van der Waals surface area contributed by atoms with Gasteiger partial charge in [0.15, 0.2) is 5.54 Å². The number of hydrogen-bond donors (Lipinski definition) is 2. The van der Waals surface area contributed by atoms with E-state index < -0.39 is 29.6 Å². The zero-order valence-electron chi connectivity index (χ0n) is 18.0. The number of nitrogens with one attached hydrogen (secondary N) is 1. The van der Waals surface area contributed by atoms with E-state index in [0.29, 0.717) is 0 Å². The number of alkyl carbamates (subject to hydrolysis) is 1. The van der Waals surface area contributed by atoms with Crippen LogP contribution < -0.4 is 5.32 Å². The molecule has 0 radical (unpaired) electrons. The monoisotopic (exact) mass is 438 g/mol. The van der Waals surface area contributed by atoms with E-state index in [2.05, 4.69) is 17.4 Å². The van der Waals surface area contributed by atoms with Crippen LogP contribution in [0.3, 0.4) is 0 Å². The van der Waals surface area contributed by atoms with Gasteiger partial charge in [0.05, 0.1) is 6.61 Å². The van der Waals surface area contributed by atoms with Gasteiger partial charge in [0.2, 0.25) is 5.91 Å². The first-order valence-electron chi connectivity index (χ1n) is 10.6. The number of aliphatic carboxylic acids is 1. The fraction of sp³-hybridized carbons (Fsp3) is 0.375. The summed E-state index contributed by atoms with van der Waals surface area (Å²) in [7, 11) is 1.42. The van der Waals surface area contributed by atoms with E-state index in [1.54, 1.807) is 0 Å². The van der Waals surface area contributed by atoms with Crippen LogP contribution in [-0.4, -0.2) is 66.4 Å². The Morgan fingerprint density at radius 2 is 1.75 bits per heavy atom. The lowest BCUT2D eigenvalue weighted by molar-refractivity contribution is -0.158. The molecule has 2 N–H and O–H groups in total.